The molecule has 1 saturated heterocycles. The number of halogens is 1. The number of nitrogens with zero attached hydrogens (tertiary/aromatic N) is 2. The predicted octanol–water partition coefficient (Wildman–Crippen LogP) is 1.13. The molecular weight excluding hydrogens is 230 g/mol. The SMILES string of the molecule is CO[C@H]1CN(c2ncc(N)cc2Cl)CCO1. The molecule has 2 rings (SSSR count). The number of rotatable bonds is 2. The van der Waals surface area contributed by atoms with Crippen molar-refractivity contribution >= 4 is 23.1 Å². The third-order valence-corrected chi connectivity index (χ3v) is 2.72. The lowest BCUT2D eigenvalue weighted by molar-refractivity contribution is -0.128. The van der Waals surface area contributed by atoms with Crippen LogP contribution in [-0.4, -0.2) is 38.1 Å². The van der Waals surface area contributed by atoms with Gasteiger partial charge in [0.25, 0.3) is 0 Å². The van der Waals surface area contributed by atoms with Gasteiger partial charge in [-0.15, -0.1) is 0 Å². The molecule has 0 amide bonds. The monoisotopic (exact) mass is 243 g/mol. The Labute approximate surface area is 99.1 Å². The maximum Gasteiger partial charge on any atom is 0.174 e. The molecule has 88 valence electrons. The van der Waals surface area contributed by atoms with Gasteiger partial charge in [0.15, 0.2) is 6.29 Å². The van der Waals surface area contributed by atoms with Crippen molar-refractivity contribution in [2.75, 3.05) is 37.4 Å². The van der Waals surface area contributed by atoms with Crippen LogP contribution in [0.1, 0.15) is 0 Å². The second-order valence-corrected chi connectivity index (χ2v) is 3.96. The van der Waals surface area contributed by atoms with Crippen molar-refractivity contribution in [2.45, 2.75) is 6.29 Å². The Morgan fingerprint density at radius 2 is 2.50 bits per heavy atom. The molecule has 1 aliphatic rings. The predicted molar refractivity (Wildman–Crippen MR) is 62.6 cm³/mol. The molecule has 0 unspecified atom stereocenters. The van der Waals surface area contributed by atoms with E-state index >= 15 is 0 Å². The number of morpholine rings is 1. The van der Waals surface area contributed by atoms with Crippen LogP contribution in [0.3, 0.4) is 0 Å². The Balaban J connectivity index is 2.16. The first kappa shape index (κ1) is 11.4. The summed E-state index contributed by atoms with van der Waals surface area (Å²) in [7, 11) is 1.62. The van der Waals surface area contributed by atoms with Crippen molar-refractivity contribution in [2.24, 2.45) is 0 Å². The van der Waals surface area contributed by atoms with E-state index < -0.39 is 0 Å². The number of aromatic nitrogens is 1. The Morgan fingerprint density at radius 3 is 3.19 bits per heavy atom. The maximum atomic E-state index is 6.09. The van der Waals surface area contributed by atoms with E-state index in [4.69, 9.17) is 26.8 Å². The minimum Gasteiger partial charge on any atom is -0.397 e. The summed E-state index contributed by atoms with van der Waals surface area (Å²) in [6.07, 6.45) is 1.36. The quantitative estimate of drug-likeness (QED) is 0.844. The molecule has 0 aliphatic carbocycles. The Morgan fingerprint density at radius 1 is 1.69 bits per heavy atom. The molecule has 6 heteroatoms. The Hall–Kier alpha value is -1.04. The van der Waals surface area contributed by atoms with Crippen molar-refractivity contribution in [3.63, 3.8) is 0 Å². The fourth-order valence-electron chi connectivity index (χ4n) is 1.63. The van der Waals surface area contributed by atoms with Crippen LogP contribution >= 0.6 is 11.6 Å². The van der Waals surface area contributed by atoms with E-state index in [9.17, 15) is 0 Å². The zero-order valence-corrected chi connectivity index (χ0v) is 9.78. The topological polar surface area (TPSA) is 60.6 Å². The summed E-state index contributed by atoms with van der Waals surface area (Å²) in [4.78, 5) is 6.26. The lowest BCUT2D eigenvalue weighted by Gasteiger charge is -2.33. The highest BCUT2D eigenvalue weighted by Crippen LogP contribution is 2.26. The van der Waals surface area contributed by atoms with Gasteiger partial charge < -0.3 is 20.1 Å². The highest BCUT2D eigenvalue weighted by molar-refractivity contribution is 6.33. The van der Waals surface area contributed by atoms with Crippen molar-refractivity contribution in [1.82, 2.24) is 4.98 Å². The molecule has 0 saturated carbocycles. The molecule has 5 nitrogen and oxygen atoms in total. The highest BCUT2D eigenvalue weighted by atomic mass is 35.5. The maximum absolute atomic E-state index is 6.09. The van der Waals surface area contributed by atoms with E-state index in [0.29, 0.717) is 23.9 Å². The number of pyridine rings is 1. The van der Waals surface area contributed by atoms with E-state index in [1.54, 1.807) is 19.4 Å². The van der Waals surface area contributed by atoms with Crippen LogP contribution in [0.4, 0.5) is 11.5 Å². The van der Waals surface area contributed by atoms with Crippen LogP contribution in [0.15, 0.2) is 12.3 Å². The summed E-state index contributed by atoms with van der Waals surface area (Å²) in [6.45, 7) is 1.96. The zero-order chi connectivity index (χ0) is 11.5. The summed E-state index contributed by atoms with van der Waals surface area (Å²) in [6, 6.07) is 1.70. The first-order valence-electron chi connectivity index (χ1n) is 5.01. The van der Waals surface area contributed by atoms with Gasteiger partial charge in [0, 0.05) is 13.7 Å². The lowest BCUT2D eigenvalue weighted by atomic mass is 10.3. The summed E-state index contributed by atoms with van der Waals surface area (Å²) < 4.78 is 10.5. The third-order valence-electron chi connectivity index (χ3n) is 2.44. The van der Waals surface area contributed by atoms with Crippen LogP contribution in [0, 0.1) is 0 Å². The van der Waals surface area contributed by atoms with Crippen molar-refractivity contribution in [1.29, 1.82) is 0 Å². The molecule has 0 radical (unpaired) electrons. The van der Waals surface area contributed by atoms with E-state index in [1.165, 1.54) is 0 Å². The van der Waals surface area contributed by atoms with Crippen molar-refractivity contribution in [3.8, 4) is 0 Å². The van der Waals surface area contributed by atoms with Gasteiger partial charge in [0.2, 0.25) is 0 Å². The Bertz CT molecular complexity index is 375. The summed E-state index contributed by atoms with van der Waals surface area (Å²) in [5, 5.41) is 0.553. The zero-order valence-electron chi connectivity index (χ0n) is 9.02. The molecule has 2 N–H and O–H groups in total. The van der Waals surface area contributed by atoms with Gasteiger partial charge in [-0.2, -0.15) is 0 Å². The molecular formula is C10H14ClN3O2. The minimum absolute atomic E-state index is 0.232. The average molecular weight is 244 g/mol. The molecule has 1 aliphatic heterocycles. The second-order valence-electron chi connectivity index (χ2n) is 3.56. The molecule has 0 bridgehead atoms. The van der Waals surface area contributed by atoms with Gasteiger partial charge in [0.1, 0.15) is 5.82 Å². The van der Waals surface area contributed by atoms with Gasteiger partial charge in [-0.05, 0) is 6.07 Å². The van der Waals surface area contributed by atoms with Crippen LogP contribution in [-0.2, 0) is 9.47 Å². The van der Waals surface area contributed by atoms with Crippen molar-refractivity contribution in [3.05, 3.63) is 17.3 Å². The second kappa shape index (κ2) is 4.86. The highest BCUT2D eigenvalue weighted by Gasteiger charge is 2.22. The number of nitrogens with two attached hydrogens (primary N) is 1. The fraction of sp³-hybridized carbons (Fsp3) is 0.500. The summed E-state index contributed by atoms with van der Waals surface area (Å²) in [5.74, 6) is 0.723. The van der Waals surface area contributed by atoms with E-state index in [2.05, 4.69) is 4.98 Å². The Kier molecular flexibility index (Phi) is 3.48. The van der Waals surface area contributed by atoms with Gasteiger partial charge in [-0.1, -0.05) is 11.6 Å². The van der Waals surface area contributed by atoms with E-state index in [0.717, 1.165) is 12.4 Å². The lowest BCUT2D eigenvalue weighted by Crippen LogP contribution is -2.43. The first-order valence-corrected chi connectivity index (χ1v) is 5.39. The number of hydrogen-bond acceptors (Lipinski definition) is 5. The van der Waals surface area contributed by atoms with Crippen molar-refractivity contribution < 1.29 is 9.47 Å². The number of anilines is 2. The molecule has 1 atom stereocenters. The smallest absolute Gasteiger partial charge is 0.174 e. The van der Waals surface area contributed by atoms with Crippen LogP contribution in [0.2, 0.25) is 5.02 Å². The number of hydrogen-bond donors (Lipinski definition) is 1. The molecule has 1 fully saturated rings. The van der Waals surface area contributed by atoms with Crippen LogP contribution < -0.4 is 10.6 Å². The van der Waals surface area contributed by atoms with E-state index in [-0.39, 0.29) is 6.29 Å². The number of methoxy groups -OCH3 is 1. The van der Waals surface area contributed by atoms with Crippen LogP contribution in [0.25, 0.3) is 0 Å². The first-order chi connectivity index (χ1) is 7.70. The van der Waals surface area contributed by atoms with Gasteiger partial charge in [-0.3, -0.25) is 0 Å². The number of nitrogen functional groups attached to an aromatic ring is 1. The summed E-state index contributed by atoms with van der Waals surface area (Å²) >= 11 is 6.09. The molecule has 16 heavy (non-hydrogen) atoms. The molecule has 1 aromatic rings. The number of ether oxygens (including phenoxy) is 2. The third kappa shape index (κ3) is 2.37. The standard InChI is InChI=1S/C10H14ClN3O2/c1-15-9-6-14(2-3-16-9)10-8(11)4-7(12)5-13-10/h4-5,9H,2-3,6,12H2,1H3/t9-/m1/s1. The largest absolute Gasteiger partial charge is 0.397 e. The van der Waals surface area contributed by atoms with Crippen LogP contribution in [0.5, 0.6) is 0 Å². The molecule has 1 aromatic heterocycles. The van der Waals surface area contributed by atoms with Gasteiger partial charge >= 0.3 is 0 Å². The van der Waals surface area contributed by atoms with Gasteiger partial charge in [0.05, 0.1) is 30.1 Å². The normalized spacial score (nSPS) is 21.1. The molecule has 0 aromatic carbocycles. The minimum atomic E-state index is -0.232. The molecule has 2 heterocycles. The summed E-state index contributed by atoms with van der Waals surface area (Å²) in [5.41, 5.74) is 6.16. The fourth-order valence-corrected chi connectivity index (χ4v) is 1.93. The van der Waals surface area contributed by atoms with Gasteiger partial charge in [-0.25, -0.2) is 4.98 Å². The molecule has 0 spiro atoms. The van der Waals surface area contributed by atoms with E-state index in [1.807, 2.05) is 4.90 Å². The average Bonchev–Trinajstić information content (AvgIpc) is 2.29.